The van der Waals surface area contributed by atoms with Crippen molar-refractivity contribution < 1.29 is 33.1 Å². The maximum atomic E-state index is 17.4. The van der Waals surface area contributed by atoms with Crippen molar-refractivity contribution in [2.75, 3.05) is 12.6 Å². The number of aliphatic hydroxyl groups is 1. The molecule has 208 valence electrons. The summed E-state index contributed by atoms with van der Waals surface area (Å²) < 4.78 is 46.3. The van der Waals surface area contributed by atoms with Gasteiger partial charge in [0, 0.05) is 33.5 Å². The highest BCUT2D eigenvalue weighted by molar-refractivity contribution is 8.13. The summed E-state index contributed by atoms with van der Waals surface area (Å²) in [7, 11) is 0. The highest BCUT2D eigenvalue weighted by atomic mass is 32.2. The van der Waals surface area contributed by atoms with Gasteiger partial charge in [0.1, 0.15) is 12.2 Å². The highest BCUT2D eigenvalue weighted by Gasteiger charge is 2.73. The molecule has 1 heterocycles. The Labute approximate surface area is 229 Å². The first-order chi connectivity index (χ1) is 17.8. The van der Waals surface area contributed by atoms with E-state index in [2.05, 4.69) is 0 Å². The molecule has 5 rings (SSSR count). The summed E-state index contributed by atoms with van der Waals surface area (Å²) >= 11 is 2.11. The fraction of sp³-hybridized carbons (Fsp3) is 0.643. The number of hydroxylamine groups is 2. The number of hydrogen-bond donors (Lipinski definition) is 2. The molecular formula is C28H34F3NO4S2. The predicted molar refractivity (Wildman–Crippen MR) is 141 cm³/mol. The van der Waals surface area contributed by atoms with Crippen molar-refractivity contribution in [3.8, 4) is 0 Å². The molecule has 2 N–H and O–H groups in total. The summed E-state index contributed by atoms with van der Waals surface area (Å²) in [5.41, 5.74) is -4.61. The summed E-state index contributed by atoms with van der Waals surface area (Å²) in [6.45, 7) is 5.71. The minimum absolute atomic E-state index is 0.0503. The average Bonchev–Trinajstić information content (AvgIpc) is 3.36. The number of allylic oxidation sites excluding steroid dienone is 4. The Bertz CT molecular complexity index is 1190. The topological polar surface area (TPSA) is 77.8 Å². The summed E-state index contributed by atoms with van der Waals surface area (Å²) in [6, 6.07) is 2.97. The van der Waals surface area contributed by atoms with E-state index < -0.39 is 64.2 Å². The molecule has 3 saturated carbocycles. The number of thiophene rings is 1. The van der Waals surface area contributed by atoms with E-state index in [4.69, 9.17) is 0 Å². The number of rotatable bonds is 6. The van der Waals surface area contributed by atoms with Crippen molar-refractivity contribution in [3.05, 3.63) is 45.7 Å². The van der Waals surface area contributed by atoms with Gasteiger partial charge in [-0.3, -0.25) is 9.59 Å². The van der Waals surface area contributed by atoms with Crippen molar-refractivity contribution >= 4 is 34.0 Å². The fourth-order valence-electron chi connectivity index (χ4n) is 8.26. The molecule has 1 aromatic heterocycles. The van der Waals surface area contributed by atoms with E-state index in [9.17, 15) is 24.3 Å². The Balaban J connectivity index is 1.50. The van der Waals surface area contributed by atoms with Crippen LogP contribution in [0.2, 0.25) is 0 Å². The van der Waals surface area contributed by atoms with Gasteiger partial charge in [-0.1, -0.05) is 24.8 Å². The number of aryl methyl sites for hydroxylation is 1. The summed E-state index contributed by atoms with van der Waals surface area (Å²) in [4.78, 5) is 27.4. The molecule has 38 heavy (non-hydrogen) atoms. The molecule has 0 radical (unpaired) electrons. The number of fused-ring (bicyclic) bond motifs is 5. The van der Waals surface area contributed by atoms with Crippen molar-refractivity contribution in [2.45, 2.75) is 64.5 Å². The standard InChI is InChI=1S/C28H34F3NO4S2/c1-15-4-5-18(38-15)13-32(36)12-16-8-19-20-10-22(30)21-9-17(33)6-7-27(21,3)28(20,31)23(34)11-26(19,2)24(16)25(35)37-14-29/h4-7,9,16,19-20,22-24,34,36H,8,10-14H2,1-3H3/t16-,19-,20-,22-,23-,24+,26-,27-,28-/m0/s1. The molecule has 0 spiro atoms. The van der Waals surface area contributed by atoms with Gasteiger partial charge in [0.25, 0.3) is 0 Å². The van der Waals surface area contributed by atoms with Gasteiger partial charge in [-0.2, -0.15) is 5.06 Å². The third-order valence-corrected chi connectivity index (χ3v) is 11.5. The first kappa shape index (κ1) is 28.1. The smallest absolute Gasteiger partial charge is 0.195 e. The Morgan fingerprint density at radius 3 is 2.66 bits per heavy atom. The second kappa shape index (κ2) is 9.87. The zero-order valence-electron chi connectivity index (χ0n) is 21.7. The number of carbonyl (C=O) groups is 2. The van der Waals surface area contributed by atoms with E-state index in [1.165, 1.54) is 12.2 Å². The predicted octanol–water partition coefficient (Wildman–Crippen LogP) is 5.60. The van der Waals surface area contributed by atoms with Gasteiger partial charge in [-0.15, -0.1) is 11.3 Å². The summed E-state index contributed by atoms with van der Waals surface area (Å²) in [5, 5.41) is 23.0. The molecule has 0 bridgehead atoms. The van der Waals surface area contributed by atoms with Gasteiger partial charge in [0.2, 0.25) is 0 Å². The zero-order valence-corrected chi connectivity index (χ0v) is 23.3. The number of alkyl halides is 3. The zero-order chi connectivity index (χ0) is 27.6. The molecule has 0 amide bonds. The first-order valence-electron chi connectivity index (χ1n) is 13.0. The Morgan fingerprint density at radius 2 is 2.00 bits per heavy atom. The minimum atomic E-state index is -2.24. The van der Waals surface area contributed by atoms with E-state index in [0.29, 0.717) is 18.2 Å². The average molecular weight is 570 g/mol. The van der Waals surface area contributed by atoms with Gasteiger partial charge in [-0.05, 0) is 80.2 Å². The van der Waals surface area contributed by atoms with E-state index >= 15 is 8.78 Å². The van der Waals surface area contributed by atoms with Gasteiger partial charge < -0.3 is 10.3 Å². The van der Waals surface area contributed by atoms with E-state index in [0.717, 1.165) is 20.9 Å². The van der Waals surface area contributed by atoms with Crippen LogP contribution in [0.5, 0.6) is 0 Å². The van der Waals surface area contributed by atoms with Crippen molar-refractivity contribution in [1.29, 1.82) is 0 Å². The molecule has 0 aromatic carbocycles. The SMILES string of the molecule is Cc1ccc(CN(O)C[C@@H]2C[C@H]3[C@@H]4C[C@H](F)C5=CC(=O)C=C[C@]5(C)[C@@]4(F)[C@@H](O)C[C@]3(C)[C@H]2C(=O)SCF)s1. The normalized spacial score (nSPS) is 42.0. The van der Waals surface area contributed by atoms with Crippen LogP contribution in [0.15, 0.2) is 35.9 Å². The van der Waals surface area contributed by atoms with Gasteiger partial charge >= 0.3 is 0 Å². The number of carbonyl (C=O) groups excluding carboxylic acids is 2. The van der Waals surface area contributed by atoms with Crippen LogP contribution in [0.4, 0.5) is 13.2 Å². The van der Waals surface area contributed by atoms with Crippen LogP contribution in [-0.2, 0) is 16.1 Å². The summed E-state index contributed by atoms with van der Waals surface area (Å²) in [6.07, 6.45) is 0.769. The quantitative estimate of drug-likeness (QED) is 0.435. The number of ketones is 1. The monoisotopic (exact) mass is 569 g/mol. The maximum absolute atomic E-state index is 17.4. The fourth-order valence-corrected chi connectivity index (χ4v) is 9.90. The lowest BCUT2D eigenvalue weighted by molar-refractivity contribution is -0.201. The number of nitrogens with zero attached hydrogens (tertiary/aromatic N) is 1. The van der Waals surface area contributed by atoms with Crippen LogP contribution < -0.4 is 0 Å². The van der Waals surface area contributed by atoms with Crippen molar-refractivity contribution in [1.82, 2.24) is 5.06 Å². The number of hydrogen-bond acceptors (Lipinski definition) is 7. The number of halogens is 3. The first-order valence-corrected chi connectivity index (χ1v) is 14.8. The second-order valence-electron chi connectivity index (χ2n) is 11.9. The van der Waals surface area contributed by atoms with Crippen LogP contribution in [0, 0.1) is 41.4 Å². The molecular weight excluding hydrogens is 535 g/mol. The van der Waals surface area contributed by atoms with Gasteiger partial charge in [-0.25, -0.2) is 13.2 Å². The molecule has 4 aliphatic rings. The van der Waals surface area contributed by atoms with Gasteiger partial charge in [0.15, 0.2) is 16.6 Å². The van der Waals surface area contributed by atoms with Crippen LogP contribution in [0.1, 0.15) is 42.9 Å². The summed E-state index contributed by atoms with van der Waals surface area (Å²) in [5.74, 6) is -2.97. The van der Waals surface area contributed by atoms with Crippen LogP contribution in [-0.4, -0.2) is 56.8 Å². The van der Waals surface area contributed by atoms with Crippen LogP contribution >= 0.6 is 23.1 Å². The Morgan fingerprint density at radius 1 is 1.26 bits per heavy atom. The lowest BCUT2D eigenvalue weighted by Crippen LogP contribution is -2.68. The third-order valence-electron chi connectivity index (χ3n) is 9.83. The second-order valence-corrected chi connectivity index (χ2v) is 14.1. The van der Waals surface area contributed by atoms with Crippen LogP contribution in [0.3, 0.4) is 0 Å². The Kier molecular flexibility index (Phi) is 7.29. The third kappa shape index (κ3) is 4.17. The maximum Gasteiger partial charge on any atom is 0.195 e. The van der Waals surface area contributed by atoms with E-state index in [1.807, 2.05) is 26.0 Å². The largest absolute Gasteiger partial charge is 0.390 e. The molecule has 9 atom stereocenters. The lowest BCUT2D eigenvalue weighted by Gasteiger charge is -2.62. The molecule has 0 unspecified atom stereocenters. The highest BCUT2D eigenvalue weighted by Crippen LogP contribution is 2.70. The lowest BCUT2D eigenvalue weighted by atomic mass is 9.45. The van der Waals surface area contributed by atoms with E-state index in [-0.39, 0.29) is 36.6 Å². The minimum Gasteiger partial charge on any atom is -0.390 e. The van der Waals surface area contributed by atoms with Crippen molar-refractivity contribution in [2.24, 2.45) is 34.5 Å². The molecule has 1 aromatic rings. The number of thioether (sulfide) groups is 1. The Hall–Kier alpha value is -1.46. The number of aliphatic hydroxyl groups excluding tert-OH is 1. The molecule has 4 aliphatic carbocycles. The molecule has 0 saturated heterocycles. The molecule has 10 heteroatoms. The van der Waals surface area contributed by atoms with E-state index in [1.54, 1.807) is 18.3 Å². The molecule has 3 fully saturated rings. The molecule has 0 aliphatic heterocycles. The van der Waals surface area contributed by atoms with Gasteiger partial charge in [0.05, 0.1) is 12.6 Å². The molecule has 5 nitrogen and oxygen atoms in total. The van der Waals surface area contributed by atoms with Crippen molar-refractivity contribution in [3.63, 3.8) is 0 Å². The van der Waals surface area contributed by atoms with Crippen LogP contribution in [0.25, 0.3) is 0 Å².